The number of nitrogens with zero attached hydrogens (tertiary/aromatic N) is 5. The van der Waals surface area contributed by atoms with E-state index in [2.05, 4.69) is 20.6 Å². The Bertz CT molecular complexity index is 1400. The van der Waals surface area contributed by atoms with Gasteiger partial charge in [-0.3, -0.25) is 34.4 Å². The van der Waals surface area contributed by atoms with Crippen LogP contribution in [0, 0.1) is 0 Å². The lowest BCUT2D eigenvalue weighted by atomic mass is 10.0. The minimum Gasteiger partial charge on any atom is -0.465 e. The van der Waals surface area contributed by atoms with Crippen molar-refractivity contribution in [2.24, 2.45) is 0 Å². The molecule has 12 nitrogen and oxygen atoms in total. The van der Waals surface area contributed by atoms with Crippen molar-refractivity contribution in [3.8, 4) is 16.9 Å². The summed E-state index contributed by atoms with van der Waals surface area (Å²) in [5.74, 6) is -2.90. The molecule has 1 unspecified atom stereocenters. The lowest BCUT2D eigenvalue weighted by Crippen LogP contribution is -2.54. The molecule has 3 aromatic rings. The van der Waals surface area contributed by atoms with Gasteiger partial charge in [0.2, 0.25) is 11.8 Å². The topological polar surface area (TPSA) is 153 Å². The predicted molar refractivity (Wildman–Crippen MR) is 113 cm³/mol. The van der Waals surface area contributed by atoms with Crippen molar-refractivity contribution in [3.05, 3.63) is 59.5 Å². The summed E-state index contributed by atoms with van der Waals surface area (Å²) in [4.78, 5) is 66.5. The standard InChI is InChI=1S/C22H16N6O6/c1-34-22(33)13-6-7-23-9-15(13)16-10-27(26-25-16)11-2-3-12-14(8-11)21(32)28(20(12)31)17-4-5-18(29)24-19(17)30/h2-3,6-10,17H,4-5H2,1H3,(H,24,29,30). The third kappa shape index (κ3) is 3.32. The molecule has 0 aliphatic carbocycles. The van der Waals surface area contributed by atoms with E-state index >= 15 is 0 Å². The fraction of sp³-hybridized carbons (Fsp3) is 0.182. The van der Waals surface area contributed by atoms with E-state index < -0.39 is 35.6 Å². The van der Waals surface area contributed by atoms with Gasteiger partial charge in [0.15, 0.2) is 0 Å². The third-order valence-corrected chi connectivity index (χ3v) is 5.68. The lowest BCUT2D eigenvalue weighted by Gasteiger charge is -2.27. The number of hydrogen-bond acceptors (Lipinski definition) is 9. The largest absolute Gasteiger partial charge is 0.465 e. The van der Waals surface area contributed by atoms with E-state index in [9.17, 15) is 24.0 Å². The van der Waals surface area contributed by atoms with Crippen LogP contribution in [-0.2, 0) is 14.3 Å². The summed E-state index contributed by atoms with van der Waals surface area (Å²) in [6.07, 6.45) is 4.58. The van der Waals surface area contributed by atoms with Crippen molar-refractivity contribution in [2.75, 3.05) is 7.11 Å². The second-order valence-corrected chi connectivity index (χ2v) is 7.64. The van der Waals surface area contributed by atoms with Crippen LogP contribution in [0.3, 0.4) is 0 Å². The number of benzene rings is 1. The first kappa shape index (κ1) is 21.1. The highest BCUT2D eigenvalue weighted by molar-refractivity contribution is 6.23. The molecule has 0 bridgehead atoms. The number of carbonyl (C=O) groups excluding carboxylic acids is 5. The second kappa shape index (κ2) is 7.99. The van der Waals surface area contributed by atoms with E-state index in [1.165, 1.54) is 42.4 Å². The molecule has 0 radical (unpaired) electrons. The number of esters is 1. The monoisotopic (exact) mass is 460 g/mol. The average Bonchev–Trinajstić information content (AvgIpc) is 3.43. The quantitative estimate of drug-likeness (QED) is 0.433. The van der Waals surface area contributed by atoms with Crippen LogP contribution >= 0.6 is 0 Å². The molecule has 1 N–H and O–H groups in total. The SMILES string of the molecule is COC(=O)c1ccncc1-c1cn(-c2ccc3c(c2)C(=O)N(C2CCC(=O)NC2=O)C3=O)nn1. The van der Waals surface area contributed by atoms with Crippen LogP contribution < -0.4 is 5.32 Å². The van der Waals surface area contributed by atoms with Crippen LogP contribution in [0.5, 0.6) is 0 Å². The van der Waals surface area contributed by atoms with Crippen LogP contribution in [0.2, 0.25) is 0 Å². The Hall–Kier alpha value is -4.74. The van der Waals surface area contributed by atoms with Crippen LogP contribution in [-0.4, -0.2) is 67.6 Å². The second-order valence-electron chi connectivity index (χ2n) is 7.64. The smallest absolute Gasteiger partial charge is 0.338 e. The molecule has 2 aromatic heterocycles. The number of aromatic nitrogens is 4. The van der Waals surface area contributed by atoms with E-state index in [1.54, 1.807) is 12.3 Å². The molecule has 1 aromatic carbocycles. The zero-order valence-electron chi connectivity index (χ0n) is 17.7. The Morgan fingerprint density at radius 2 is 1.88 bits per heavy atom. The van der Waals surface area contributed by atoms with Gasteiger partial charge in [0.05, 0.1) is 35.7 Å². The minimum atomic E-state index is -1.05. The molecular weight excluding hydrogens is 444 g/mol. The zero-order valence-corrected chi connectivity index (χ0v) is 17.7. The fourth-order valence-electron chi connectivity index (χ4n) is 4.00. The number of imide groups is 2. The normalized spacial score (nSPS) is 17.6. The van der Waals surface area contributed by atoms with E-state index in [4.69, 9.17) is 4.74 Å². The van der Waals surface area contributed by atoms with E-state index in [-0.39, 0.29) is 29.5 Å². The summed E-state index contributed by atoms with van der Waals surface area (Å²) in [7, 11) is 1.27. The van der Waals surface area contributed by atoms with Crippen LogP contribution in [0.25, 0.3) is 16.9 Å². The summed E-state index contributed by atoms with van der Waals surface area (Å²) < 4.78 is 6.18. The van der Waals surface area contributed by atoms with Gasteiger partial charge in [-0.05, 0) is 30.7 Å². The average molecular weight is 460 g/mol. The van der Waals surface area contributed by atoms with Crippen LogP contribution in [0.1, 0.15) is 43.9 Å². The number of methoxy groups -OCH3 is 1. The molecule has 34 heavy (non-hydrogen) atoms. The molecule has 170 valence electrons. The highest BCUT2D eigenvalue weighted by Crippen LogP contribution is 2.29. The zero-order chi connectivity index (χ0) is 24.0. The summed E-state index contributed by atoms with van der Waals surface area (Å²) in [5.41, 5.74) is 1.73. The molecule has 1 atom stereocenters. The third-order valence-electron chi connectivity index (χ3n) is 5.68. The summed E-state index contributed by atoms with van der Waals surface area (Å²) in [6.45, 7) is 0. The first-order chi connectivity index (χ1) is 16.4. The first-order valence-electron chi connectivity index (χ1n) is 10.2. The van der Waals surface area contributed by atoms with Gasteiger partial charge in [-0.2, -0.15) is 0 Å². The summed E-state index contributed by atoms with van der Waals surface area (Å²) in [6, 6.07) is 4.99. The summed E-state index contributed by atoms with van der Waals surface area (Å²) in [5, 5.41) is 10.3. The fourth-order valence-corrected chi connectivity index (χ4v) is 4.00. The maximum Gasteiger partial charge on any atom is 0.338 e. The van der Waals surface area contributed by atoms with Crippen LogP contribution in [0.15, 0.2) is 42.9 Å². The molecule has 2 aliphatic rings. The number of fused-ring (bicyclic) bond motifs is 1. The minimum absolute atomic E-state index is 0.0404. The molecule has 2 aliphatic heterocycles. The van der Waals surface area contributed by atoms with Gasteiger partial charge in [0.25, 0.3) is 11.8 Å². The number of piperidine rings is 1. The Labute approximate surface area is 191 Å². The van der Waals surface area contributed by atoms with Crippen molar-refractivity contribution < 1.29 is 28.7 Å². The lowest BCUT2D eigenvalue weighted by molar-refractivity contribution is -0.136. The molecule has 1 saturated heterocycles. The maximum atomic E-state index is 13.0. The Kier molecular flexibility index (Phi) is 4.97. The molecule has 12 heteroatoms. The van der Waals surface area contributed by atoms with Crippen molar-refractivity contribution in [2.45, 2.75) is 18.9 Å². The number of nitrogens with one attached hydrogen (secondary N) is 1. The Morgan fingerprint density at radius 1 is 1.09 bits per heavy atom. The molecule has 5 rings (SSSR count). The molecule has 4 amide bonds. The number of hydrogen-bond donors (Lipinski definition) is 1. The number of amides is 4. The molecule has 0 spiro atoms. The predicted octanol–water partition coefficient (Wildman–Crippen LogP) is 0.517. The van der Waals surface area contributed by atoms with Crippen molar-refractivity contribution in [1.29, 1.82) is 0 Å². The van der Waals surface area contributed by atoms with Gasteiger partial charge in [0, 0.05) is 24.4 Å². The number of rotatable bonds is 4. The highest BCUT2D eigenvalue weighted by Gasteiger charge is 2.44. The van der Waals surface area contributed by atoms with Gasteiger partial charge >= 0.3 is 5.97 Å². The molecule has 0 saturated carbocycles. The number of pyridine rings is 1. The van der Waals surface area contributed by atoms with Crippen molar-refractivity contribution >= 4 is 29.6 Å². The number of carbonyl (C=O) groups is 5. The summed E-state index contributed by atoms with van der Waals surface area (Å²) >= 11 is 0. The van der Waals surface area contributed by atoms with Gasteiger partial charge in [-0.1, -0.05) is 5.21 Å². The van der Waals surface area contributed by atoms with Crippen molar-refractivity contribution in [1.82, 2.24) is 30.2 Å². The van der Waals surface area contributed by atoms with E-state index in [1.807, 2.05) is 0 Å². The van der Waals surface area contributed by atoms with Crippen LogP contribution in [0.4, 0.5) is 0 Å². The first-order valence-corrected chi connectivity index (χ1v) is 10.2. The molecule has 1 fully saturated rings. The van der Waals surface area contributed by atoms with Gasteiger partial charge < -0.3 is 4.74 Å². The maximum absolute atomic E-state index is 13.0. The van der Waals surface area contributed by atoms with Gasteiger partial charge in [0.1, 0.15) is 11.7 Å². The Morgan fingerprint density at radius 3 is 2.65 bits per heavy atom. The Balaban J connectivity index is 1.47. The van der Waals surface area contributed by atoms with Gasteiger partial charge in [-0.25, -0.2) is 9.48 Å². The molecular formula is C22H16N6O6. The van der Waals surface area contributed by atoms with E-state index in [0.29, 0.717) is 16.9 Å². The highest BCUT2D eigenvalue weighted by atomic mass is 16.5. The molecule has 4 heterocycles. The van der Waals surface area contributed by atoms with Gasteiger partial charge in [-0.15, -0.1) is 5.10 Å². The van der Waals surface area contributed by atoms with Crippen molar-refractivity contribution in [3.63, 3.8) is 0 Å². The van der Waals surface area contributed by atoms with E-state index in [0.717, 1.165) is 4.90 Å². The number of ether oxygens (including phenoxy) is 1.